The molecule has 0 unspecified atom stereocenters. The van der Waals surface area contributed by atoms with Crippen molar-refractivity contribution in [1.29, 1.82) is 0 Å². The van der Waals surface area contributed by atoms with Gasteiger partial charge in [0, 0.05) is 17.8 Å². The van der Waals surface area contributed by atoms with E-state index in [9.17, 15) is 0 Å². The number of pyridine rings is 1. The molecule has 3 nitrogen and oxygen atoms in total. The molecule has 0 radical (unpaired) electrons. The number of anilines is 2. The lowest BCUT2D eigenvalue weighted by Gasteiger charge is -2.26. The number of rotatable bonds is 2. The van der Waals surface area contributed by atoms with Gasteiger partial charge in [0.2, 0.25) is 0 Å². The Bertz CT molecular complexity index is 289. The molecule has 1 aromatic rings. The van der Waals surface area contributed by atoms with Gasteiger partial charge in [0.25, 0.3) is 0 Å². The van der Waals surface area contributed by atoms with Crippen LogP contribution in [0.5, 0.6) is 0 Å². The highest BCUT2D eigenvalue weighted by Gasteiger charge is 2.17. The van der Waals surface area contributed by atoms with Gasteiger partial charge < -0.3 is 11.1 Å². The molecular formula is C9H12ClN3. The zero-order chi connectivity index (χ0) is 9.26. The first kappa shape index (κ1) is 8.63. The molecule has 1 aliphatic rings. The minimum Gasteiger partial charge on any atom is -0.399 e. The van der Waals surface area contributed by atoms with Gasteiger partial charge in [-0.1, -0.05) is 11.6 Å². The number of nitrogen functional groups attached to an aromatic ring is 1. The van der Waals surface area contributed by atoms with Gasteiger partial charge in [-0.05, 0) is 25.3 Å². The summed E-state index contributed by atoms with van der Waals surface area (Å²) in [5.41, 5.74) is 6.28. The van der Waals surface area contributed by atoms with E-state index < -0.39 is 0 Å². The second kappa shape index (κ2) is 3.42. The van der Waals surface area contributed by atoms with Crippen LogP contribution in [-0.2, 0) is 0 Å². The molecule has 0 saturated heterocycles. The molecule has 0 atom stereocenters. The topological polar surface area (TPSA) is 50.9 Å². The van der Waals surface area contributed by atoms with Crippen LogP contribution in [0.4, 0.5) is 11.5 Å². The van der Waals surface area contributed by atoms with Crippen LogP contribution in [0.3, 0.4) is 0 Å². The zero-order valence-corrected chi connectivity index (χ0v) is 8.01. The van der Waals surface area contributed by atoms with Crippen molar-refractivity contribution in [1.82, 2.24) is 4.98 Å². The molecule has 13 heavy (non-hydrogen) atoms. The van der Waals surface area contributed by atoms with Crippen LogP contribution in [-0.4, -0.2) is 11.0 Å². The third-order valence-electron chi connectivity index (χ3n) is 2.27. The maximum absolute atomic E-state index is 5.76. The van der Waals surface area contributed by atoms with Crippen molar-refractivity contribution in [3.8, 4) is 0 Å². The Morgan fingerprint density at radius 2 is 2.23 bits per heavy atom. The smallest absolute Gasteiger partial charge is 0.133 e. The summed E-state index contributed by atoms with van der Waals surface area (Å²) in [7, 11) is 0. The van der Waals surface area contributed by atoms with Gasteiger partial charge in [-0.3, -0.25) is 0 Å². The van der Waals surface area contributed by atoms with Gasteiger partial charge in [-0.25, -0.2) is 4.98 Å². The summed E-state index contributed by atoms with van der Waals surface area (Å²) in [6.45, 7) is 0. The Balaban J connectivity index is 2.10. The number of nitrogens with zero attached hydrogens (tertiary/aromatic N) is 1. The fourth-order valence-electron chi connectivity index (χ4n) is 1.35. The van der Waals surface area contributed by atoms with Crippen molar-refractivity contribution >= 4 is 23.1 Å². The lowest BCUT2D eigenvalue weighted by molar-refractivity contribution is 0.444. The molecule has 0 bridgehead atoms. The van der Waals surface area contributed by atoms with Crippen LogP contribution < -0.4 is 11.1 Å². The Morgan fingerprint density at radius 1 is 1.46 bits per heavy atom. The molecule has 1 fully saturated rings. The first-order chi connectivity index (χ1) is 6.24. The highest BCUT2D eigenvalue weighted by atomic mass is 35.5. The molecule has 1 aliphatic carbocycles. The molecule has 0 spiro atoms. The summed E-state index contributed by atoms with van der Waals surface area (Å²) in [5, 5.41) is 3.73. The Kier molecular flexibility index (Phi) is 2.27. The maximum atomic E-state index is 5.76. The van der Waals surface area contributed by atoms with Crippen LogP contribution >= 0.6 is 11.6 Å². The van der Waals surface area contributed by atoms with Crippen LogP contribution in [0.2, 0.25) is 5.15 Å². The number of hydrogen-bond acceptors (Lipinski definition) is 3. The van der Waals surface area contributed by atoms with Gasteiger partial charge in [-0.2, -0.15) is 0 Å². The van der Waals surface area contributed by atoms with Gasteiger partial charge in [0.1, 0.15) is 11.0 Å². The fourth-order valence-corrected chi connectivity index (χ4v) is 1.57. The molecule has 1 aromatic heterocycles. The molecule has 0 amide bonds. The van der Waals surface area contributed by atoms with E-state index in [0.29, 0.717) is 16.9 Å². The second-order valence-electron chi connectivity index (χ2n) is 3.38. The normalized spacial score (nSPS) is 16.7. The van der Waals surface area contributed by atoms with E-state index in [1.165, 1.54) is 19.3 Å². The van der Waals surface area contributed by atoms with E-state index >= 15 is 0 Å². The van der Waals surface area contributed by atoms with E-state index in [-0.39, 0.29) is 0 Å². The first-order valence-corrected chi connectivity index (χ1v) is 4.81. The quantitative estimate of drug-likeness (QED) is 0.716. The maximum Gasteiger partial charge on any atom is 0.133 e. The van der Waals surface area contributed by atoms with Crippen molar-refractivity contribution in [2.75, 3.05) is 11.1 Å². The highest BCUT2D eigenvalue weighted by Crippen LogP contribution is 2.24. The van der Waals surface area contributed by atoms with Gasteiger partial charge >= 0.3 is 0 Å². The molecule has 0 aliphatic heterocycles. The minimum atomic E-state index is 0.446. The number of hydrogen-bond donors (Lipinski definition) is 2. The van der Waals surface area contributed by atoms with Crippen molar-refractivity contribution in [3.63, 3.8) is 0 Å². The van der Waals surface area contributed by atoms with Crippen molar-refractivity contribution in [3.05, 3.63) is 17.3 Å². The molecule has 1 heterocycles. The minimum absolute atomic E-state index is 0.446. The summed E-state index contributed by atoms with van der Waals surface area (Å²) in [6, 6.07) is 4.02. The average Bonchev–Trinajstić information content (AvgIpc) is 1.95. The zero-order valence-electron chi connectivity index (χ0n) is 7.26. The van der Waals surface area contributed by atoms with Crippen LogP contribution in [0.15, 0.2) is 12.1 Å². The molecule has 1 saturated carbocycles. The molecule has 70 valence electrons. The molecule has 4 heteroatoms. The van der Waals surface area contributed by atoms with Gasteiger partial charge in [-0.15, -0.1) is 0 Å². The summed E-state index contributed by atoms with van der Waals surface area (Å²) < 4.78 is 0. The van der Waals surface area contributed by atoms with E-state index in [1.807, 2.05) is 6.07 Å². The van der Waals surface area contributed by atoms with E-state index in [1.54, 1.807) is 6.07 Å². The van der Waals surface area contributed by atoms with Crippen molar-refractivity contribution in [2.24, 2.45) is 0 Å². The standard InChI is InChI=1S/C9H12ClN3/c10-8-4-6(11)5-9(13-8)12-7-2-1-3-7/h4-5,7H,1-3H2,(H3,11,12,13). The fraction of sp³-hybridized carbons (Fsp3) is 0.444. The van der Waals surface area contributed by atoms with E-state index in [0.717, 1.165) is 5.82 Å². The summed E-state index contributed by atoms with van der Waals surface area (Å²) in [4.78, 5) is 4.13. The molecule has 3 N–H and O–H groups in total. The summed E-state index contributed by atoms with van der Waals surface area (Å²) in [6.07, 6.45) is 3.73. The van der Waals surface area contributed by atoms with Gasteiger partial charge in [0.15, 0.2) is 0 Å². The summed E-state index contributed by atoms with van der Waals surface area (Å²) in [5.74, 6) is 0.787. The van der Waals surface area contributed by atoms with Crippen molar-refractivity contribution in [2.45, 2.75) is 25.3 Å². The lowest BCUT2D eigenvalue weighted by atomic mass is 9.93. The second-order valence-corrected chi connectivity index (χ2v) is 3.77. The van der Waals surface area contributed by atoms with Crippen LogP contribution in [0.25, 0.3) is 0 Å². The van der Waals surface area contributed by atoms with Gasteiger partial charge in [0.05, 0.1) is 0 Å². The molecule has 2 rings (SSSR count). The SMILES string of the molecule is Nc1cc(Cl)nc(NC2CCC2)c1. The number of nitrogens with one attached hydrogen (secondary N) is 1. The monoisotopic (exact) mass is 197 g/mol. The third kappa shape index (κ3) is 2.04. The summed E-state index contributed by atoms with van der Waals surface area (Å²) >= 11 is 5.76. The molecular weight excluding hydrogens is 186 g/mol. The van der Waals surface area contributed by atoms with E-state index in [2.05, 4.69) is 10.3 Å². The predicted octanol–water partition coefficient (Wildman–Crippen LogP) is 2.28. The van der Waals surface area contributed by atoms with Crippen LogP contribution in [0.1, 0.15) is 19.3 Å². The number of nitrogens with two attached hydrogens (primary N) is 1. The van der Waals surface area contributed by atoms with E-state index in [4.69, 9.17) is 17.3 Å². The largest absolute Gasteiger partial charge is 0.399 e. The Labute approximate surface area is 82.3 Å². The van der Waals surface area contributed by atoms with Crippen molar-refractivity contribution < 1.29 is 0 Å². The molecule has 0 aromatic carbocycles. The Morgan fingerprint density at radius 3 is 2.77 bits per heavy atom. The number of halogens is 1. The first-order valence-electron chi connectivity index (χ1n) is 4.43. The van der Waals surface area contributed by atoms with Crippen LogP contribution in [0, 0.1) is 0 Å². The Hall–Kier alpha value is -0.960. The highest BCUT2D eigenvalue weighted by molar-refractivity contribution is 6.29. The number of aromatic nitrogens is 1. The average molecular weight is 198 g/mol. The predicted molar refractivity (Wildman–Crippen MR) is 54.9 cm³/mol. The lowest BCUT2D eigenvalue weighted by Crippen LogP contribution is -2.27. The third-order valence-corrected chi connectivity index (χ3v) is 2.47.